The maximum atomic E-state index is 12.2. The number of amides is 1. The topological polar surface area (TPSA) is 69.2 Å². The first kappa shape index (κ1) is 24.6. The molecule has 2 N–H and O–H groups in total. The van der Waals surface area contributed by atoms with Crippen LogP contribution in [-0.4, -0.2) is 69.7 Å². The Morgan fingerprint density at radius 3 is 2.70 bits per heavy atom. The van der Waals surface area contributed by atoms with Crippen molar-refractivity contribution in [2.75, 3.05) is 51.8 Å². The van der Waals surface area contributed by atoms with E-state index in [4.69, 9.17) is 4.74 Å². The summed E-state index contributed by atoms with van der Waals surface area (Å²) >= 11 is 0. The van der Waals surface area contributed by atoms with Crippen LogP contribution < -0.4 is 20.3 Å². The maximum absolute atomic E-state index is 12.2. The van der Waals surface area contributed by atoms with Crippen molar-refractivity contribution in [3.8, 4) is 5.75 Å². The monoisotopic (exact) mass is 529 g/mol. The van der Waals surface area contributed by atoms with Gasteiger partial charge in [0.25, 0.3) is 0 Å². The van der Waals surface area contributed by atoms with Gasteiger partial charge in [-0.25, -0.2) is 0 Å². The number of ether oxygens (including phenoxy) is 1. The highest BCUT2D eigenvalue weighted by atomic mass is 127. The summed E-state index contributed by atoms with van der Waals surface area (Å²) in [6.45, 7) is 8.41. The van der Waals surface area contributed by atoms with Crippen LogP contribution in [0, 0.1) is 11.8 Å². The number of nitrogens with zero attached hydrogens (tertiary/aromatic N) is 3. The molecule has 2 aliphatic heterocycles. The summed E-state index contributed by atoms with van der Waals surface area (Å²) in [5, 5.41) is 6.97. The number of hydrogen-bond donors (Lipinski definition) is 2. The Morgan fingerprint density at radius 1 is 1.23 bits per heavy atom. The van der Waals surface area contributed by atoms with Crippen molar-refractivity contribution in [2.45, 2.75) is 32.7 Å². The molecule has 0 aliphatic carbocycles. The Bertz CT molecular complexity index is 727. The van der Waals surface area contributed by atoms with E-state index in [0.717, 1.165) is 57.3 Å². The van der Waals surface area contributed by atoms with Crippen molar-refractivity contribution in [3.05, 3.63) is 24.3 Å². The number of nitrogens with one attached hydrogen (secondary N) is 2. The summed E-state index contributed by atoms with van der Waals surface area (Å²) < 4.78 is 5.51. The van der Waals surface area contributed by atoms with E-state index in [1.54, 1.807) is 14.2 Å². The first-order valence-electron chi connectivity index (χ1n) is 10.7. The second kappa shape index (κ2) is 11.6. The van der Waals surface area contributed by atoms with Crippen LogP contribution in [0.25, 0.3) is 0 Å². The van der Waals surface area contributed by atoms with Crippen molar-refractivity contribution >= 4 is 41.5 Å². The number of carbonyl (C=O) groups is 1. The van der Waals surface area contributed by atoms with E-state index >= 15 is 0 Å². The number of para-hydroxylation sites is 2. The van der Waals surface area contributed by atoms with Gasteiger partial charge < -0.3 is 25.2 Å². The smallest absolute Gasteiger partial charge is 0.225 e. The Hall–Kier alpha value is -1.71. The van der Waals surface area contributed by atoms with Crippen LogP contribution in [0.4, 0.5) is 5.69 Å². The number of hydrogen-bond acceptors (Lipinski definition) is 4. The van der Waals surface area contributed by atoms with Gasteiger partial charge in [-0.3, -0.25) is 9.79 Å². The second-order valence-electron chi connectivity index (χ2n) is 8.29. The number of rotatable bonds is 6. The number of likely N-dealkylation sites (tertiary alicyclic amines) is 1. The van der Waals surface area contributed by atoms with Gasteiger partial charge in [0, 0.05) is 51.7 Å². The average molecular weight is 529 g/mol. The SMILES string of the molecule is CN=C(NCC1CCN(c2ccccc2OC)C1)NC1CCN(C(=O)C(C)C)C1.I. The van der Waals surface area contributed by atoms with Crippen molar-refractivity contribution in [1.82, 2.24) is 15.5 Å². The fourth-order valence-corrected chi connectivity index (χ4v) is 4.18. The van der Waals surface area contributed by atoms with Gasteiger partial charge in [0.15, 0.2) is 5.96 Å². The highest BCUT2D eigenvalue weighted by Crippen LogP contribution is 2.31. The lowest BCUT2D eigenvalue weighted by molar-refractivity contribution is -0.133. The molecular weight excluding hydrogens is 493 g/mol. The van der Waals surface area contributed by atoms with E-state index in [-0.39, 0.29) is 41.8 Å². The zero-order chi connectivity index (χ0) is 20.8. The Morgan fingerprint density at radius 2 is 2.00 bits per heavy atom. The third kappa shape index (κ3) is 6.15. The maximum Gasteiger partial charge on any atom is 0.225 e. The van der Waals surface area contributed by atoms with E-state index in [1.807, 2.05) is 30.9 Å². The summed E-state index contributed by atoms with van der Waals surface area (Å²) in [5.41, 5.74) is 1.17. The molecule has 2 heterocycles. The molecule has 2 fully saturated rings. The molecule has 8 heteroatoms. The molecule has 2 saturated heterocycles. The molecule has 1 aromatic carbocycles. The predicted molar refractivity (Wildman–Crippen MR) is 133 cm³/mol. The van der Waals surface area contributed by atoms with Gasteiger partial charge in [0.05, 0.1) is 12.8 Å². The highest BCUT2D eigenvalue weighted by Gasteiger charge is 2.29. The molecule has 7 nitrogen and oxygen atoms in total. The van der Waals surface area contributed by atoms with Gasteiger partial charge >= 0.3 is 0 Å². The average Bonchev–Trinajstić information content (AvgIpc) is 3.40. The van der Waals surface area contributed by atoms with Gasteiger partial charge in [-0.2, -0.15) is 0 Å². The number of methoxy groups -OCH3 is 1. The van der Waals surface area contributed by atoms with E-state index in [1.165, 1.54) is 5.69 Å². The molecule has 168 valence electrons. The van der Waals surface area contributed by atoms with Crippen LogP contribution in [0.2, 0.25) is 0 Å². The predicted octanol–water partition coefficient (Wildman–Crippen LogP) is 2.56. The van der Waals surface area contributed by atoms with Crippen LogP contribution in [-0.2, 0) is 4.79 Å². The zero-order valence-electron chi connectivity index (χ0n) is 18.6. The molecule has 0 bridgehead atoms. The van der Waals surface area contributed by atoms with Gasteiger partial charge in [-0.05, 0) is 30.9 Å². The minimum Gasteiger partial charge on any atom is -0.495 e. The molecule has 0 radical (unpaired) electrons. The lowest BCUT2D eigenvalue weighted by Gasteiger charge is -2.22. The normalized spacial score (nSPS) is 21.6. The lowest BCUT2D eigenvalue weighted by atomic mass is 10.1. The molecule has 1 aromatic rings. The Balaban J connectivity index is 0.00000320. The standard InChI is InChI=1S/C22H35N5O2.HI/c1-16(2)21(28)27-12-10-18(15-27)25-22(23-3)24-13-17-9-11-26(14-17)19-7-5-6-8-20(19)29-4;/h5-8,16-18H,9-15H2,1-4H3,(H2,23,24,25);1H. The number of benzene rings is 1. The molecule has 2 aliphatic rings. The molecule has 2 unspecified atom stereocenters. The number of halogens is 1. The third-order valence-electron chi connectivity index (χ3n) is 5.83. The van der Waals surface area contributed by atoms with E-state index < -0.39 is 0 Å². The van der Waals surface area contributed by atoms with Crippen LogP contribution >= 0.6 is 24.0 Å². The van der Waals surface area contributed by atoms with E-state index in [0.29, 0.717) is 5.92 Å². The van der Waals surface area contributed by atoms with E-state index in [9.17, 15) is 4.79 Å². The van der Waals surface area contributed by atoms with Crippen molar-refractivity contribution < 1.29 is 9.53 Å². The van der Waals surface area contributed by atoms with Crippen LogP contribution in [0.1, 0.15) is 26.7 Å². The van der Waals surface area contributed by atoms with Gasteiger partial charge in [0.1, 0.15) is 5.75 Å². The van der Waals surface area contributed by atoms with Crippen molar-refractivity contribution in [1.29, 1.82) is 0 Å². The minimum absolute atomic E-state index is 0. The molecule has 1 amide bonds. The van der Waals surface area contributed by atoms with Crippen molar-refractivity contribution in [3.63, 3.8) is 0 Å². The number of anilines is 1. The largest absolute Gasteiger partial charge is 0.495 e. The summed E-state index contributed by atoms with van der Waals surface area (Å²) in [7, 11) is 3.53. The van der Waals surface area contributed by atoms with Gasteiger partial charge in [-0.15, -0.1) is 24.0 Å². The Labute approximate surface area is 197 Å². The quantitative estimate of drug-likeness (QED) is 0.337. The molecule has 3 rings (SSSR count). The second-order valence-corrected chi connectivity index (χ2v) is 8.29. The van der Waals surface area contributed by atoms with Crippen LogP contribution in [0.15, 0.2) is 29.3 Å². The summed E-state index contributed by atoms with van der Waals surface area (Å²) in [5.74, 6) is 2.60. The molecule has 0 saturated carbocycles. The number of guanidine groups is 1. The highest BCUT2D eigenvalue weighted by molar-refractivity contribution is 14.0. The fraction of sp³-hybridized carbons (Fsp3) is 0.636. The minimum atomic E-state index is 0. The molecular formula is C22H36IN5O2. The summed E-state index contributed by atoms with van der Waals surface area (Å²) in [4.78, 5) is 20.9. The fourth-order valence-electron chi connectivity index (χ4n) is 4.18. The first-order chi connectivity index (χ1) is 14.0. The Kier molecular flexibility index (Phi) is 9.51. The molecule has 0 aromatic heterocycles. The van der Waals surface area contributed by atoms with Gasteiger partial charge in [-0.1, -0.05) is 26.0 Å². The van der Waals surface area contributed by atoms with Crippen molar-refractivity contribution in [2.24, 2.45) is 16.8 Å². The van der Waals surface area contributed by atoms with E-state index in [2.05, 4.69) is 32.7 Å². The number of carbonyl (C=O) groups excluding carboxylic acids is 1. The van der Waals surface area contributed by atoms with Gasteiger partial charge in [0.2, 0.25) is 5.91 Å². The number of aliphatic imine (C=N–C) groups is 1. The van der Waals surface area contributed by atoms with Crippen LogP contribution in [0.5, 0.6) is 5.75 Å². The summed E-state index contributed by atoms with van der Waals surface area (Å²) in [6, 6.07) is 8.47. The first-order valence-corrected chi connectivity index (χ1v) is 10.7. The van der Waals surface area contributed by atoms with Crippen LogP contribution in [0.3, 0.4) is 0 Å². The lowest BCUT2D eigenvalue weighted by Crippen LogP contribution is -2.46. The third-order valence-corrected chi connectivity index (χ3v) is 5.83. The molecule has 30 heavy (non-hydrogen) atoms. The molecule has 2 atom stereocenters. The zero-order valence-corrected chi connectivity index (χ0v) is 20.9. The summed E-state index contributed by atoms with van der Waals surface area (Å²) in [6.07, 6.45) is 2.10. The molecule has 0 spiro atoms.